The molecule has 0 aromatic carbocycles. The van der Waals surface area contributed by atoms with Gasteiger partial charge in [0.05, 0.1) is 6.54 Å². The van der Waals surface area contributed by atoms with Crippen LogP contribution in [0.15, 0.2) is 11.6 Å². The molecule has 1 unspecified atom stereocenters. The Morgan fingerprint density at radius 3 is 2.88 bits per heavy atom. The summed E-state index contributed by atoms with van der Waals surface area (Å²) in [4.78, 5) is 16.7. The molecule has 5 nitrogen and oxygen atoms in total. The van der Waals surface area contributed by atoms with E-state index in [9.17, 15) is 17.1 Å². The summed E-state index contributed by atoms with van der Waals surface area (Å²) in [6.45, 7) is 0.166. The van der Waals surface area contributed by atoms with Gasteiger partial charge in [-0.15, -0.1) is 15.2 Å². The molecule has 8 heteroatoms. The van der Waals surface area contributed by atoms with E-state index in [1.807, 2.05) is 0 Å². The van der Waals surface area contributed by atoms with Gasteiger partial charge >= 0.3 is 10.2 Å². The van der Waals surface area contributed by atoms with Gasteiger partial charge in [0, 0.05) is 24.5 Å². The van der Waals surface area contributed by atoms with Crippen molar-refractivity contribution in [1.29, 1.82) is 0 Å². The first kappa shape index (κ1) is 11.5. The quantitative estimate of drug-likeness (QED) is 0.747. The van der Waals surface area contributed by atoms with Crippen molar-refractivity contribution in [2.75, 3.05) is 6.54 Å². The van der Waals surface area contributed by atoms with Gasteiger partial charge in [-0.25, -0.2) is 4.98 Å². The Bertz CT molecular complexity index is 485. The second kappa shape index (κ2) is 4.10. The van der Waals surface area contributed by atoms with Crippen molar-refractivity contribution in [3.8, 4) is 0 Å². The Morgan fingerprint density at radius 1 is 1.62 bits per heavy atom. The molecule has 0 N–H and O–H groups in total. The molecule has 1 saturated heterocycles. The third-order valence-corrected chi connectivity index (χ3v) is 4.26. The number of amides is 1. The van der Waals surface area contributed by atoms with E-state index in [0.29, 0.717) is 5.01 Å². The lowest BCUT2D eigenvalue weighted by atomic mass is 10.4. The van der Waals surface area contributed by atoms with Crippen LogP contribution in [0.4, 0.5) is 3.89 Å². The highest BCUT2D eigenvalue weighted by Crippen LogP contribution is 2.21. The molecule has 1 aromatic heterocycles. The van der Waals surface area contributed by atoms with Crippen LogP contribution in [0.5, 0.6) is 0 Å². The lowest BCUT2D eigenvalue weighted by Gasteiger charge is -2.13. The smallest absolute Gasteiger partial charge is 0.307 e. The Labute approximate surface area is 96.1 Å². The third kappa shape index (κ3) is 2.38. The van der Waals surface area contributed by atoms with Crippen LogP contribution in [0.25, 0.3) is 0 Å². The highest BCUT2D eigenvalue weighted by molar-refractivity contribution is 7.87. The maximum Gasteiger partial charge on any atom is 0.307 e. The summed E-state index contributed by atoms with van der Waals surface area (Å²) < 4.78 is 34.0. The number of carbonyl (C=O) groups excluding carboxylic acids is 1. The van der Waals surface area contributed by atoms with Crippen molar-refractivity contribution in [2.45, 2.75) is 18.2 Å². The predicted octanol–water partition coefficient (Wildman–Crippen LogP) is 0.543. The minimum absolute atomic E-state index is 0.0861. The average molecular weight is 264 g/mol. The normalized spacial score (nSPS) is 21.7. The zero-order chi connectivity index (χ0) is 11.8. The van der Waals surface area contributed by atoms with Crippen molar-refractivity contribution >= 4 is 27.5 Å². The van der Waals surface area contributed by atoms with E-state index in [4.69, 9.17) is 0 Å². The summed E-state index contributed by atoms with van der Waals surface area (Å²) in [6, 6.07) is 0. The van der Waals surface area contributed by atoms with Gasteiger partial charge in [-0.2, -0.15) is 8.42 Å². The fourth-order valence-corrected chi connectivity index (χ4v) is 2.90. The second-order valence-electron chi connectivity index (χ2n) is 3.50. The molecule has 1 fully saturated rings. The maximum absolute atomic E-state index is 12.7. The molecule has 1 aliphatic rings. The first-order valence-corrected chi connectivity index (χ1v) is 6.89. The lowest BCUT2D eigenvalue weighted by molar-refractivity contribution is -0.128. The zero-order valence-electron chi connectivity index (χ0n) is 8.17. The van der Waals surface area contributed by atoms with Gasteiger partial charge in [-0.1, -0.05) is 0 Å². The van der Waals surface area contributed by atoms with Crippen LogP contribution in [-0.4, -0.2) is 36.0 Å². The molecule has 88 valence electrons. The second-order valence-corrected chi connectivity index (χ2v) is 6.10. The number of carbonyl (C=O) groups is 1. The van der Waals surface area contributed by atoms with E-state index in [1.54, 1.807) is 11.6 Å². The fraction of sp³-hybridized carbons (Fsp3) is 0.500. The topological polar surface area (TPSA) is 67.3 Å². The monoisotopic (exact) mass is 264 g/mol. The highest BCUT2D eigenvalue weighted by Gasteiger charge is 2.38. The van der Waals surface area contributed by atoms with E-state index in [-0.39, 0.29) is 25.4 Å². The van der Waals surface area contributed by atoms with Crippen molar-refractivity contribution in [2.24, 2.45) is 0 Å². The molecule has 0 saturated carbocycles. The molecule has 0 aliphatic carbocycles. The van der Waals surface area contributed by atoms with E-state index < -0.39 is 15.5 Å². The Kier molecular flexibility index (Phi) is 2.94. The Morgan fingerprint density at radius 2 is 2.38 bits per heavy atom. The van der Waals surface area contributed by atoms with Gasteiger partial charge < -0.3 is 4.90 Å². The van der Waals surface area contributed by atoms with Crippen LogP contribution in [0.2, 0.25) is 0 Å². The first-order chi connectivity index (χ1) is 7.47. The van der Waals surface area contributed by atoms with Gasteiger partial charge in [0.1, 0.15) is 10.3 Å². The van der Waals surface area contributed by atoms with Crippen LogP contribution in [0, 0.1) is 0 Å². The minimum atomic E-state index is -4.63. The van der Waals surface area contributed by atoms with E-state index in [2.05, 4.69) is 4.98 Å². The fourth-order valence-electron chi connectivity index (χ4n) is 1.57. The molecule has 0 spiro atoms. The minimum Gasteiger partial charge on any atom is -0.334 e. The van der Waals surface area contributed by atoms with E-state index in [1.165, 1.54) is 16.2 Å². The summed E-state index contributed by atoms with van der Waals surface area (Å²) in [5.41, 5.74) is 0. The van der Waals surface area contributed by atoms with Crippen LogP contribution in [0.3, 0.4) is 0 Å². The van der Waals surface area contributed by atoms with E-state index >= 15 is 0 Å². The lowest BCUT2D eigenvalue weighted by Crippen LogP contribution is -2.26. The summed E-state index contributed by atoms with van der Waals surface area (Å²) in [6.07, 6.45) is 1.33. The van der Waals surface area contributed by atoms with Gasteiger partial charge in [-0.3, -0.25) is 4.79 Å². The molecule has 2 heterocycles. The molecular formula is C8H9FN2O3S2. The Balaban J connectivity index is 2.06. The maximum atomic E-state index is 12.7. The molecule has 1 aromatic rings. The van der Waals surface area contributed by atoms with Gasteiger partial charge in [-0.05, 0) is 0 Å². The van der Waals surface area contributed by atoms with E-state index in [0.717, 1.165) is 0 Å². The average Bonchev–Trinajstić information content (AvgIpc) is 2.76. The Hall–Kier alpha value is -1.02. The number of thiazole rings is 1. The van der Waals surface area contributed by atoms with Gasteiger partial charge in [0.25, 0.3) is 0 Å². The predicted molar refractivity (Wildman–Crippen MR) is 56.0 cm³/mol. The molecular weight excluding hydrogens is 255 g/mol. The largest absolute Gasteiger partial charge is 0.334 e. The summed E-state index contributed by atoms with van der Waals surface area (Å²) in [5.74, 6) is -0.346. The van der Waals surface area contributed by atoms with Crippen LogP contribution >= 0.6 is 11.3 Å². The first-order valence-electron chi connectivity index (χ1n) is 4.56. The number of nitrogens with zero attached hydrogens (tertiary/aromatic N) is 2. The van der Waals surface area contributed by atoms with Crippen molar-refractivity contribution in [3.05, 3.63) is 16.6 Å². The van der Waals surface area contributed by atoms with Crippen molar-refractivity contribution in [3.63, 3.8) is 0 Å². The number of hydrogen-bond acceptors (Lipinski definition) is 5. The number of hydrogen-bond donors (Lipinski definition) is 0. The molecule has 0 radical (unpaired) electrons. The number of aromatic nitrogens is 1. The van der Waals surface area contributed by atoms with Crippen molar-refractivity contribution < 1.29 is 17.1 Å². The van der Waals surface area contributed by atoms with Crippen LogP contribution < -0.4 is 0 Å². The zero-order valence-corrected chi connectivity index (χ0v) is 9.80. The third-order valence-electron chi connectivity index (χ3n) is 2.39. The molecule has 1 amide bonds. The SMILES string of the molecule is O=C1CC(S(=O)(=O)F)CN1Cc1nccs1. The molecule has 2 rings (SSSR count). The standard InChI is InChI=1S/C8H9FN2O3S2/c9-16(13,14)6-3-8(12)11(4-6)5-7-10-1-2-15-7/h1-2,6H,3-5H2. The number of likely N-dealkylation sites (tertiary alicyclic amines) is 1. The van der Waals surface area contributed by atoms with Crippen LogP contribution in [0.1, 0.15) is 11.4 Å². The summed E-state index contributed by atoms with van der Waals surface area (Å²) in [7, 11) is -4.63. The molecule has 0 bridgehead atoms. The van der Waals surface area contributed by atoms with Crippen molar-refractivity contribution in [1.82, 2.24) is 9.88 Å². The molecule has 1 atom stereocenters. The highest BCUT2D eigenvalue weighted by atomic mass is 32.3. The summed E-state index contributed by atoms with van der Waals surface area (Å²) in [5, 5.41) is 1.25. The number of rotatable bonds is 3. The molecule has 16 heavy (non-hydrogen) atoms. The number of halogens is 1. The van der Waals surface area contributed by atoms with Gasteiger partial charge in [0.2, 0.25) is 5.91 Å². The molecule has 1 aliphatic heterocycles. The van der Waals surface area contributed by atoms with Gasteiger partial charge in [0.15, 0.2) is 0 Å². The van der Waals surface area contributed by atoms with Crippen LogP contribution in [-0.2, 0) is 21.6 Å². The summed E-state index contributed by atoms with van der Waals surface area (Å²) >= 11 is 1.37.